The summed E-state index contributed by atoms with van der Waals surface area (Å²) in [5, 5.41) is 0. The third kappa shape index (κ3) is 2.76. The van der Waals surface area contributed by atoms with E-state index < -0.39 is 0 Å². The molecule has 1 rings (SSSR count). The summed E-state index contributed by atoms with van der Waals surface area (Å²) in [6.07, 6.45) is 2.72. The van der Waals surface area contributed by atoms with Crippen molar-refractivity contribution in [3.63, 3.8) is 0 Å². The summed E-state index contributed by atoms with van der Waals surface area (Å²) < 4.78 is 0. The third-order valence-corrected chi connectivity index (χ3v) is 2.19. The predicted octanol–water partition coefficient (Wildman–Crippen LogP) is -1.52. The lowest BCUT2D eigenvalue weighted by molar-refractivity contribution is 0.324. The zero-order valence-electron chi connectivity index (χ0n) is 7.14. The van der Waals surface area contributed by atoms with Crippen molar-refractivity contribution in [2.45, 2.75) is 12.8 Å². The van der Waals surface area contributed by atoms with Gasteiger partial charge in [0.15, 0.2) is 16.0 Å². The number of hydrogen-bond acceptors (Lipinski definition) is 2. The number of rotatable bonds is 0. The van der Waals surface area contributed by atoms with E-state index in [2.05, 4.69) is 25.6 Å². The van der Waals surface area contributed by atoms with Gasteiger partial charge in [0.25, 0.3) is 0 Å². The molecule has 56 valence electrons. The highest BCUT2D eigenvalue weighted by molar-refractivity contribution is 6.05. The fraction of sp³-hybridized carbons (Fsp3) is 1.00. The summed E-state index contributed by atoms with van der Waals surface area (Å²) in [6.45, 7) is 5.04. The maximum Gasteiger partial charge on any atom is 0.185 e. The van der Waals surface area contributed by atoms with Gasteiger partial charge in [0, 0.05) is 0 Å². The van der Waals surface area contributed by atoms with Crippen LogP contribution < -0.4 is 0 Å². The van der Waals surface area contributed by atoms with Crippen molar-refractivity contribution >= 4 is 16.0 Å². The molecule has 4 heteroatoms. The monoisotopic (exact) mass is 138 g/mol. The van der Waals surface area contributed by atoms with E-state index in [0.717, 1.165) is 0 Å². The molecule has 0 aliphatic carbocycles. The topological polar surface area (TPSA) is 6.48 Å². The van der Waals surface area contributed by atoms with Crippen molar-refractivity contribution in [2.24, 2.45) is 0 Å². The Morgan fingerprint density at radius 1 is 0.700 bits per heavy atom. The molecule has 0 aromatic rings. The van der Waals surface area contributed by atoms with Crippen LogP contribution in [-0.4, -0.2) is 51.8 Å². The average Bonchev–Trinajstić information content (AvgIpc) is 1.90. The number of nitrogens with zero attached hydrogens (tertiary/aromatic N) is 2. The van der Waals surface area contributed by atoms with Gasteiger partial charge in [-0.15, -0.1) is 0 Å². The smallest absolute Gasteiger partial charge is 0.185 e. The molecule has 0 bridgehead atoms. The highest BCUT2D eigenvalue weighted by atomic mass is 15.1. The van der Waals surface area contributed by atoms with Gasteiger partial charge >= 0.3 is 0 Å². The van der Waals surface area contributed by atoms with Gasteiger partial charge in [0.1, 0.15) is 0 Å². The molecule has 0 aromatic heterocycles. The van der Waals surface area contributed by atoms with Crippen LogP contribution in [0.4, 0.5) is 0 Å². The molecule has 1 heterocycles. The average molecular weight is 138 g/mol. The second-order valence-electron chi connectivity index (χ2n) is 3.31. The van der Waals surface area contributed by atoms with Gasteiger partial charge in [0.2, 0.25) is 0 Å². The second-order valence-corrected chi connectivity index (χ2v) is 3.31. The SMILES string of the molecule is BN1CCCCN(B)CC1. The van der Waals surface area contributed by atoms with Crippen molar-refractivity contribution in [2.75, 3.05) is 26.2 Å². The lowest BCUT2D eigenvalue weighted by atomic mass is 10.1. The molecule has 0 aromatic carbocycles. The Morgan fingerprint density at radius 3 is 1.50 bits per heavy atom. The van der Waals surface area contributed by atoms with E-state index in [-0.39, 0.29) is 0 Å². The van der Waals surface area contributed by atoms with Crippen LogP contribution in [0.15, 0.2) is 0 Å². The summed E-state index contributed by atoms with van der Waals surface area (Å²) >= 11 is 0. The molecule has 1 aliphatic heterocycles. The lowest BCUT2D eigenvalue weighted by Crippen LogP contribution is -2.36. The molecule has 0 atom stereocenters. The van der Waals surface area contributed by atoms with E-state index in [4.69, 9.17) is 0 Å². The first-order chi connectivity index (χ1) is 4.79. The molecular formula is C6H16B2N2. The van der Waals surface area contributed by atoms with E-state index in [9.17, 15) is 0 Å². The van der Waals surface area contributed by atoms with Gasteiger partial charge in [-0.05, 0) is 39.0 Å². The van der Waals surface area contributed by atoms with Crippen LogP contribution in [0.3, 0.4) is 0 Å². The van der Waals surface area contributed by atoms with Crippen molar-refractivity contribution in [3.8, 4) is 0 Å². The summed E-state index contributed by atoms with van der Waals surface area (Å²) in [6, 6.07) is 0. The van der Waals surface area contributed by atoms with Crippen molar-refractivity contribution < 1.29 is 0 Å². The lowest BCUT2D eigenvalue weighted by Gasteiger charge is -2.26. The molecule has 0 amide bonds. The van der Waals surface area contributed by atoms with Crippen LogP contribution in [-0.2, 0) is 0 Å². The van der Waals surface area contributed by atoms with Crippen LogP contribution in [0.5, 0.6) is 0 Å². The van der Waals surface area contributed by atoms with Gasteiger partial charge in [-0.25, -0.2) is 0 Å². The van der Waals surface area contributed by atoms with E-state index in [1.807, 2.05) is 0 Å². The van der Waals surface area contributed by atoms with E-state index in [1.54, 1.807) is 0 Å². The second kappa shape index (κ2) is 4.04. The van der Waals surface area contributed by atoms with Crippen molar-refractivity contribution in [1.82, 2.24) is 9.62 Å². The Labute approximate surface area is 65.4 Å². The van der Waals surface area contributed by atoms with Gasteiger partial charge in [0.05, 0.1) is 0 Å². The van der Waals surface area contributed by atoms with Crippen LogP contribution in [0.1, 0.15) is 12.8 Å². The van der Waals surface area contributed by atoms with E-state index in [0.29, 0.717) is 0 Å². The zero-order valence-corrected chi connectivity index (χ0v) is 7.14. The quantitative estimate of drug-likeness (QED) is 0.375. The Morgan fingerprint density at radius 2 is 1.10 bits per heavy atom. The first kappa shape index (κ1) is 8.15. The van der Waals surface area contributed by atoms with Gasteiger partial charge in [-0.2, -0.15) is 0 Å². The molecule has 0 unspecified atom stereocenters. The molecule has 1 fully saturated rings. The molecule has 0 saturated carbocycles. The minimum atomic E-state index is 1.23. The first-order valence-corrected chi connectivity index (χ1v) is 4.16. The normalized spacial score (nSPS) is 25.6. The fourth-order valence-electron chi connectivity index (χ4n) is 1.33. The summed E-state index contributed by atoms with van der Waals surface area (Å²) in [5.41, 5.74) is 0. The van der Waals surface area contributed by atoms with E-state index in [1.165, 1.54) is 39.0 Å². The highest BCUT2D eigenvalue weighted by Crippen LogP contribution is 1.98. The highest BCUT2D eigenvalue weighted by Gasteiger charge is 2.05. The van der Waals surface area contributed by atoms with Crippen LogP contribution >= 0.6 is 0 Å². The van der Waals surface area contributed by atoms with Gasteiger partial charge < -0.3 is 9.62 Å². The Kier molecular flexibility index (Phi) is 3.29. The molecule has 1 saturated heterocycles. The third-order valence-electron chi connectivity index (χ3n) is 2.19. The number of hydrogen-bond donors (Lipinski definition) is 0. The largest absolute Gasteiger partial charge is 0.348 e. The summed E-state index contributed by atoms with van der Waals surface area (Å²) in [5.74, 6) is 0. The van der Waals surface area contributed by atoms with Crippen LogP contribution in [0.2, 0.25) is 0 Å². The minimum absolute atomic E-state index is 1.23. The fourth-order valence-corrected chi connectivity index (χ4v) is 1.33. The summed E-state index contributed by atoms with van der Waals surface area (Å²) in [7, 11) is 4.42. The van der Waals surface area contributed by atoms with Crippen molar-refractivity contribution in [3.05, 3.63) is 0 Å². The molecule has 10 heavy (non-hydrogen) atoms. The molecular weight excluding hydrogens is 122 g/mol. The van der Waals surface area contributed by atoms with Crippen LogP contribution in [0.25, 0.3) is 0 Å². The Balaban J connectivity index is 2.23. The predicted molar refractivity (Wildman–Crippen MR) is 49.5 cm³/mol. The molecule has 0 N–H and O–H groups in total. The maximum atomic E-state index is 2.41. The standard InChI is InChI=1S/C6H16B2N2/c7-9-3-1-2-4-10(8)6-5-9/h1-8H2. The molecule has 2 nitrogen and oxygen atoms in total. The Bertz CT molecular complexity index is 87.7. The van der Waals surface area contributed by atoms with Gasteiger partial charge in [-0.3, -0.25) is 0 Å². The first-order valence-electron chi connectivity index (χ1n) is 4.16. The maximum absolute atomic E-state index is 2.41. The zero-order chi connectivity index (χ0) is 7.40. The minimum Gasteiger partial charge on any atom is -0.348 e. The molecule has 0 radical (unpaired) electrons. The Hall–Kier alpha value is 0.0499. The molecule has 1 aliphatic rings. The summed E-state index contributed by atoms with van der Waals surface area (Å²) in [4.78, 5) is 4.82. The molecule has 0 spiro atoms. The van der Waals surface area contributed by atoms with Crippen LogP contribution in [0, 0.1) is 0 Å². The van der Waals surface area contributed by atoms with Crippen molar-refractivity contribution in [1.29, 1.82) is 0 Å². The van der Waals surface area contributed by atoms with E-state index >= 15 is 0 Å². The van der Waals surface area contributed by atoms with Gasteiger partial charge in [-0.1, -0.05) is 0 Å².